The first-order chi connectivity index (χ1) is 13.9. The number of benzene rings is 1. The van der Waals surface area contributed by atoms with Gasteiger partial charge in [-0.1, -0.05) is 25.5 Å². The van der Waals surface area contributed by atoms with E-state index in [-0.39, 0.29) is 6.42 Å². The molecule has 1 heterocycles. The number of carbonyl (C=O) groups is 2. The van der Waals surface area contributed by atoms with Crippen LogP contribution in [-0.2, 0) is 20.7 Å². The van der Waals surface area contributed by atoms with Gasteiger partial charge in [0.1, 0.15) is 17.5 Å². The van der Waals surface area contributed by atoms with Crippen LogP contribution in [0.2, 0.25) is 0 Å². The van der Waals surface area contributed by atoms with Crippen LogP contribution in [0.3, 0.4) is 0 Å². The minimum absolute atomic E-state index is 0.281. The number of carbonyl (C=O) groups excluding carboxylic acids is 2. The lowest BCUT2D eigenvalue weighted by atomic mass is 10.1. The van der Waals surface area contributed by atoms with Crippen molar-refractivity contribution in [2.45, 2.75) is 46.1 Å². The molecule has 0 saturated carbocycles. The second-order valence-corrected chi connectivity index (χ2v) is 6.68. The molecular formula is C22H28N2O5. The summed E-state index contributed by atoms with van der Waals surface area (Å²) in [5.74, 6) is 0.888. The van der Waals surface area contributed by atoms with Crippen molar-refractivity contribution >= 4 is 12.1 Å². The average molecular weight is 400 g/mol. The van der Waals surface area contributed by atoms with Crippen molar-refractivity contribution in [3.63, 3.8) is 0 Å². The summed E-state index contributed by atoms with van der Waals surface area (Å²) < 4.78 is 15.8. The fourth-order valence-electron chi connectivity index (χ4n) is 2.61. The number of rotatable bonds is 9. The molecule has 7 heteroatoms. The van der Waals surface area contributed by atoms with Gasteiger partial charge in [-0.15, -0.1) is 0 Å². The van der Waals surface area contributed by atoms with E-state index in [9.17, 15) is 9.59 Å². The first-order valence-electron chi connectivity index (χ1n) is 9.64. The van der Waals surface area contributed by atoms with E-state index >= 15 is 0 Å². The molecule has 1 aromatic carbocycles. The van der Waals surface area contributed by atoms with Gasteiger partial charge in [0.25, 0.3) is 0 Å². The highest BCUT2D eigenvalue weighted by molar-refractivity contribution is 5.81. The van der Waals surface area contributed by atoms with E-state index in [1.54, 1.807) is 6.20 Å². The third kappa shape index (κ3) is 6.78. The third-order valence-corrected chi connectivity index (χ3v) is 4.51. The average Bonchev–Trinajstić information content (AvgIpc) is 2.72. The highest BCUT2D eigenvalue weighted by atomic mass is 16.6. The monoisotopic (exact) mass is 400 g/mol. The summed E-state index contributed by atoms with van der Waals surface area (Å²) >= 11 is 0. The van der Waals surface area contributed by atoms with Gasteiger partial charge in [-0.3, -0.25) is 4.98 Å². The summed E-state index contributed by atoms with van der Waals surface area (Å²) in [6.45, 7) is 6.20. The Morgan fingerprint density at radius 3 is 2.52 bits per heavy atom. The molecule has 1 N–H and O–H groups in total. The van der Waals surface area contributed by atoms with E-state index in [1.807, 2.05) is 51.1 Å². The lowest BCUT2D eigenvalue weighted by Crippen LogP contribution is -2.43. The van der Waals surface area contributed by atoms with Crippen LogP contribution in [-0.4, -0.2) is 36.8 Å². The Morgan fingerprint density at radius 1 is 1.14 bits per heavy atom. The Balaban J connectivity index is 2.01. The highest BCUT2D eigenvalue weighted by Crippen LogP contribution is 2.26. The van der Waals surface area contributed by atoms with Gasteiger partial charge in [0.05, 0.1) is 13.7 Å². The maximum Gasteiger partial charge on any atom is 0.407 e. The number of hydrogen-bond donors (Lipinski definition) is 1. The predicted molar refractivity (Wildman–Crippen MR) is 109 cm³/mol. The van der Waals surface area contributed by atoms with Gasteiger partial charge in [-0.05, 0) is 44.0 Å². The second-order valence-electron chi connectivity index (χ2n) is 6.68. The van der Waals surface area contributed by atoms with E-state index in [4.69, 9.17) is 14.2 Å². The van der Waals surface area contributed by atoms with Gasteiger partial charge < -0.3 is 19.5 Å². The molecule has 2 rings (SSSR count). The fraction of sp³-hybridized carbons (Fsp3) is 0.409. The van der Waals surface area contributed by atoms with Crippen molar-refractivity contribution < 1.29 is 23.8 Å². The molecule has 0 spiro atoms. The van der Waals surface area contributed by atoms with Crippen molar-refractivity contribution in [1.29, 1.82) is 0 Å². The summed E-state index contributed by atoms with van der Waals surface area (Å²) in [6, 6.07) is 8.32. The normalized spacial score (nSPS) is 11.4. The van der Waals surface area contributed by atoms with Gasteiger partial charge in [0.15, 0.2) is 0 Å². The number of pyridine rings is 1. The van der Waals surface area contributed by atoms with E-state index in [1.165, 1.54) is 7.11 Å². The molecule has 0 bridgehead atoms. The molecule has 2 aromatic rings. The molecule has 1 aromatic heterocycles. The number of ether oxygens (including phenoxy) is 3. The SMILES string of the molecule is CCCCOC(=O)NC(Cc1ccc(Oc2ccnc(C)c2C)cc1)C(=O)OC. The van der Waals surface area contributed by atoms with E-state index in [0.29, 0.717) is 12.4 Å². The molecule has 1 unspecified atom stereocenters. The maximum atomic E-state index is 12.0. The van der Waals surface area contributed by atoms with Gasteiger partial charge in [-0.25, -0.2) is 9.59 Å². The molecule has 29 heavy (non-hydrogen) atoms. The fourth-order valence-corrected chi connectivity index (χ4v) is 2.61. The lowest BCUT2D eigenvalue weighted by molar-refractivity contribution is -0.142. The number of nitrogens with zero attached hydrogens (tertiary/aromatic N) is 1. The topological polar surface area (TPSA) is 86.8 Å². The van der Waals surface area contributed by atoms with E-state index in [2.05, 4.69) is 10.3 Å². The molecule has 0 fully saturated rings. The zero-order valence-electron chi connectivity index (χ0n) is 17.4. The summed E-state index contributed by atoms with van der Waals surface area (Å²) in [5.41, 5.74) is 2.74. The van der Waals surface area contributed by atoms with Crippen LogP contribution < -0.4 is 10.1 Å². The molecule has 0 aliphatic rings. The third-order valence-electron chi connectivity index (χ3n) is 4.51. The van der Waals surface area contributed by atoms with Crippen LogP contribution in [0, 0.1) is 13.8 Å². The number of methoxy groups -OCH3 is 1. The van der Waals surface area contributed by atoms with E-state index in [0.717, 1.165) is 35.4 Å². The number of unbranched alkanes of at least 4 members (excludes halogenated alkanes) is 1. The molecule has 156 valence electrons. The van der Waals surface area contributed by atoms with Crippen molar-refractivity contribution in [1.82, 2.24) is 10.3 Å². The number of nitrogens with one attached hydrogen (secondary N) is 1. The van der Waals surface area contributed by atoms with Crippen molar-refractivity contribution in [2.24, 2.45) is 0 Å². The van der Waals surface area contributed by atoms with Crippen LogP contribution >= 0.6 is 0 Å². The predicted octanol–water partition coefficient (Wildman–Crippen LogP) is 4.10. The number of aryl methyl sites for hydroxylation is 1. The minimum Gasteiger partial charge on any atom is -0.467 e. The van der Waals surface area contributed by atoms with Crippen LogP contribution in [0.1, 0.15) is 36.6 Å². The lowest BCUT2D eigenvalue weighted by Gasteiger charge is -2.17. The Bertz CT molecular complexity index is 820. The molecule has 1 amide bonds. The Hall–Kier alpha value is -3.09. The molecular weight excluding hydrogens is 372 g/mol. The number of hydrogen-bond acceptors (Lipinski definition) is 6. The summed E-state index contributed by atoms with van der Waals surface area (Å²) in [7, 11) is 1.29. The van der Waals surface area contributed by atoms with Crippen molar-refractivity contribution in [3.8, 4) is 11.5 Å². The van der Waals surface area contributed by atoms with Crippen molar-refractivity contribution in [2.75, 3.05) is 13.7 Å². The van der Waals surface area contributed by atoms with E-state index < -0.39 is 18.1 Å². The number of amides is 1. The minimum atomic E-state index is -0.828. The second kappa shape index (κ2) is 11.0. The van der Waals surface area contributed by atoms with Gasteiger partial charge >= 0.3 is 12.1 Å². The molecule has 0 aliphatic carbocycles. The standard InChI is InChI=1S/C22H28N2O5/c1-5-6-13-28-22(26)24-19(21(25)27-4)14-17-7-9-18(10-8-17)29-20-11-12-23-16(3)15(20)2/h7-12,19H,5-6,13-14H2,1-4H3,(H,24,26). The highest BCUT2D eigenvalue weighted by Gasteiger charge is 2.22. The smallest absolute Gasteiger partial charge is 0.407 e. The quantitative estimate of drug-likeness (QED) is 0.504. The zero-order chi connectivity index (χ0) is 21.2. The summed E-state index contributed by atoms with van der Waals surface area (Å²) in [5, 5.41) is 2.57. The molecule has 0 aliphatic heterocycles. The summed E-state index contributed by atoms with van der Waals surface area (Å²) in [4.78, 5) is 28.2. The van der Waals surface area contributed by atoms with Crippen LogP contribution in [0.25, 0.3) is 0 Å². The first kappa shape index (κ1) is 22.2. The van der Waals surface area contributed by atoms with Crippen LogP contribution in [0.4, 0.5) is 4.79 Å². The molecule has 7 nitrogen and oxygen atoms in total. The number of alkyl carbamates (subject to hydrolysis) is 1. The Morgan fingerprint density at radius 2 is 1.86 bits per heavy atom. The number of aromatic nitrogens is 1. The van der Waals surface area contributed by atoms with Gasteiger partial charge in [-0.2, -0.15) is 0 Å². The Labute approximate surface area is 171 Å². The summed E-state index contributed by atoms with van der Waals surface area (Å²) in [6.07, 6.45) is 3.05. The largest absolute Gasteiger partial charge is 0.467 e. The van der Waals surface area contributed by atoms with Gasteiger partial charge in [0.2, 0.25) is 0 Å². The van der Waals surface area contributed by atoms with Crippen LogP contribution in [0.15, 0.2) is 36.5 Å². The van der Waals surface area contributed by atoms with Crippen LogP contribution in [0.5, 0.6) is 11.5 Å². The van der Waals surface area contributed by atoms with Crippen molar-refractivity contribution in [3.05, 3.63) is 53.3 Å². The van der Waals surface area contributed by atoms with Gasteiger partial charge in [0, 0.05) is 23.9 Å². The zero-order valence-corrected chi connectivity index (χ0v) is 17.4. The molecule has 0 saturated heterocycles. The first-order valence-corrected chi connectivity index (χ1v) is 9.64. The number of esters is 1. The Kier molecular flexibility index (Phi) is 8.45. The molecule has 1 atom stereocenters. The molecule has 0 radical (unpaired) electrons. The maximum absolute atomic E-state index is 12.0.